The summed E-state index contributed by atoms with van der Waals surface area (Å²) in [5.41, 5.74) is 0.150. The molecule has 11 heteroatoms. The molecule has 4 rings (SSSR count). The topological polar surface area (TPSA) is 105 Å². The summed E-state index contributed by atoms with van der Waals surface area (Å²) in [6.45, 7) is 2.79. The van der Waals surface area contributed by atoms with E-state index in [2.05, 4.69) is 14.9 Å². The first-order valence-corrected chi connectivity index (χ1v) is 11.9. The fourth-order valence-electron chi connectivity index (χ4n) is 3.64. The highest BCUT2D eigenvalue weighted by Crippen LogP contribution is 2.27. The largest absolute Gasteiger partial charge is 0.334 e. The Hall–Kier alpha value is -3.34. The maximum Gasteiger partial charge on any atom is 0.316 e. The number of aromatic nitrogens is 2. The number of aryl methyl sites for hydroxylation is 1. The molecule has 0 spiro atoms. The Morgan fingerprint density at radius 3 is 2.52 bits per heavy atom. The molecule has 8 nitrogen and oxygen atoms in total. The molecule has 0 radical (unpaired) electrons. The van der Waals surface area contributed by atoms with E-state index in [0.717, 1.165) is 43.9 Å². The number of benzene rings is 2. The molecule has 33 heavy (non-hydrogen) atoms. The third-order valence-corrected chi connectivity index (χ3v) is 6.92. The Balaban J connectivity index is 1.61. The summed E-state index contributed by atoms with van der Waals surface area (Å²) in [6, 6.07) is 6.88. The number of rotatable bonds is 5. The molecule has 1 aliphatic heterocycles. The minimum absolute atomic E-state index is 0.0431. The Labute approximate surface area is 189 Å². The Morgan fingerprint density at radius 1 is 1.06 bits per heavy atom. The van der Waals surface area contributed by atoms with Crippen LogP contribution in [-0.2, 0) is 10.0 Å². The van der Waals surface area contributed by atoms with Gasteiger partial charge in [0.1, 0.15) is 11.6 Å². The zero-order valence-corrected chi connectivity index (χ0v) is 18.7. The molecular weight excluding hydrogens is 454 g/mol. The van der Waals surface area contributed by atoms with Crippen molar-refractivity contribution in [1.82, 2.24) is 15.0 Å². The van der Waals surface area contributed by atoms with Crippen LogP contribution in [0, 0.1) is 18.6 Å². The normalized spacial score (nSPS) is 14.7. The van der Waals surface area contributed by atoms with Crippen molar-refractivity contribution in [3.63, 3.8) is 0 Å². The lowest BCUT2D eigenvalue weighted by atomic mass is 10.1. The quantitative estimate of drug-likeness (QED) is 0.593. The summed E-state index contributed by atoms with van der Waals surface area (Å²) >= 11 is 0. The summed E-state index contributed by atoms with van der Waals surface area (Å²) in [5.74, 6) is -2.19. The van der Waals surface area contributed by atoms with E-state index in [1.807, 2.05) is 0 Å². The van der Waals surface area contributed by atoms with Crippen molar-refractivity contribution in [3.05, 3.63) is 59.5 Å². The number of hydrogen-bond acceptors (Lipinski definition) is 6. The summed E-state index contributed by atoms with van der Waals surface area (Å²) in [4.78, 5) is 18.4. The summed E-state index contributed by atoms with van der Waals surface area (Å²) < 4.78 is 60.4. The first kappa shape index (κ1) is 22.8. The first-order chi connectivity index (χ1) is 15.7. The number of carbonyl (C=O) groups is 1. The van der Waals surface area contributed by atoms with Crippen molar-refractivity contribution in [3.8, 4) is 11.4 Å². The Morgan fingerprint density at radius 2 is 1.79 bits per heavy atom. The minimum Gasteiger partial charge on any atom is -0.334 e. The molecule has 3 aromatic rings. The first-order valence-electron chi connectivity index (χ1n) is 10.5. The maximum atomic E-state index is 14.0. The molecule has 2 aromatic carbocycles. The molecule has 1 amide bonds. The molecule has 0 bridgehead atoms. The molecule has 0 aliphatic carbocycles. The van der Waals surface area contributed by atoms with E-state index in [9.17, 15) is 22.0 Å². The van der Waals surface area contributed by atoms with Crippen molar-refractivity contribution >= 4 is 21.6 Å². The summed E-state index contributed by atoms with van der Waals surface area (Å²) in [5, 5.41) is 3.83. The standard InChI is InChI=1S/C22H22F2N4O4S/c1-14-6-7-15(12-19(14)33(30,31)27-18-13-16(23)8-9-17(18)24)20-25-21(32-26-20)22(29)28-10-4-2-3-5-11-28/h6-9,12-13,27H,2-5,10-11H2,1H3. The third-order valence-electron chi connectivity index (χ3n) is 5.41. The van der Waals surface area contributed by atoms with Crippen LogP contribution in [0.5, 0.6) is 0 Å². The number of sulfonamides is 1. The van der Waals surface area contributed by atoms with Crippen LogP contribution in [0.15, 0.2) is 45.8 Å². The molecule has 1 aromatic heterocycles. The van der Waals surface area contributed by atoms with Gasteiger partial charge in [-0.2, -0.15) is 4.98 Å². The molecule has 174 valence electrons. The van der Waals surface area contributed by atoms with Crippen LogP contribution in [0.25, 0.3) is 11.4 Å². The van der Waals surface area contributed by atoms with Gasteiger partial charge in [-0.3, -0.25) is 9.52 Å². The van der Waals surface area contributed by atoms with Gasteiger partial charge in [-0.15, -0.1) is 0 Å². The van der Waals surface area contributed by atoms with E-state index in [4.69, 9.17) is 4.52 Å². The van der Waals surface area contributed by atoms with Crippen molar-refractivity contribution in [1.29, 1.82) is 0 Å². The van der Waals surface area contributed by atoms with Crippen LogP contribution in [0.2, 0.25) is 0 Å². The molecule has 2 heterocycles. The van der Waals surface area contributed by atoms with E-state index in [1.54, 1.807) is 17.9 Å². The zero-order chi connectivity index (χ0) is 23.6. The number of likely N-dealkylation sites (tertiary alicyclic amines) is 1. The molecule has 0 atom stereocenters. The minimum atomic E-state index is -4.26. The average Bonchev–Trinajstić information content (AvgIpc) is 3.11. The fraction of sp³-hybridized carbons (Fsp3) is 0.318. The van der Waals surface area contributed by atoms with Crippen molar-refractivity contribution in [2.45, 2.75) is 37.5 Å². The smallest absolute Gasteiger partial charge is 0.316 e. The van der Waals surface area contributed by atoms with Crippen LogP contribution in [0.1, 0.15) is 41.9 Å². The molecule has 1 N–H and O–H groups in total. The molecule has 0 unspecified atom stereocenters. The van der Waals surface area contributed by atoms with Crippen LogP contribution in [0.4, 0.5) is 14.5 Å². The fourth-order valence-corrected chi connectivity index (χ4v) is 4.97. The molecule has 0 saturated carbocycles. The predicted molar refractivity (Wildman–Crippen MR) is 116 cm³/mol. The van der Waals surface area contributed by atoms with Crippen molar-refractivity contribution in [2.75, 3.05) is 17.8 Å². The van der Waals surface area contributed by atoms with Crippen molar-refractivity contribution in [2.24, 2.45) is 0 Å². The van der Waals surface area contributed by atoms with Crippen LogP contribution in [-0.4, -0.2) is 42.5 Å². The number of nitrogens with one attached hydrogen (secondary N) is 1. The van der Waals surface area contributed by atoms with Crippen LogP contribution < -0.4 is 4.72 Å². The predicted octanol–water partition coefficient (Wildman–Crippen LogP) is 4.14. The lowest BCUT2D eigenvalue weighted by Gasteiger charge is -2.17. The maximum absolute atomic E-state index is 14.0. The number of anilines is 1. The number of carbonyl (C=O) groups excluding carboxylic acids is 1. The molecular formula is C22H22F2N4O4S. The molecule has 1 saturated heterocycles. The van der Waals surface area contributed by atoms with E-state index < -0.39 is 27.3 Å². The number of amides is 1. The van der Waals surface area contributed by atoms with Crippen molar-refractivity contribution < 1.29 is 26.5 Å². The molecule has 1 aliphatic rings. The Bertz CT molecular complexity index is 1290. The summed E-state index contributed by atoms with van der Waals surface area (Å²) in [6.07, 6.45) is 3.94. The lowest BCUT2D eigenvalue weighted by molar-refractivity contribution is 0.0711. The second kappa shape index (κ2) is 9.26. The number of hydrogen-bond donors (Lipinski definition) is 1. The lowest BCUT2D eigenvalue weighted by Crippen LogP contribution is -2.32. The van der Waals surface area contributed by atoms with E-state index in [0.29, 0.717) is 24.2 Å². The zero-order valence-electron chi connectivity index (χ0n) is 17.8. The van der Waals surface area contributed by atoms with Gasteiger partial charge < -0.3 is 9.42 Å². The van der Waals surface area contributed by atoms with Gasteiger partial charge in [-0.05, 0) is 43.5 Å². The van der Waals surface area contributed by atoms with Gasteiger partial charge in [-0.1, -0.05) is 30.1 Å². The van der Waals surface area contributed by atoms with E-state index in [1.165, 1.54) is 12.1 Å². The van der Waals surface area contributed by atoms with Gasteiger partial charge in [0.25, 0.3) is 10.0 Å². The second-order valence-electron chi connectivity index (χ2n) is 7.84. The van der Waals surface area contributed by atoms with Gasteiger partial charge >= 0.3 is 11.8 Å². The highest BCUT2D eigenvalue weighted by atomic mass is 32.2. The van der Waals surface area contributed by atoms with Gasteiger partial charge in [0.05, 0.1) is 10.6 Å². The average molecular weight is 477 g/mol. The van der Waals surface area contributed by atoms with Gasteiger partial charge in [-0.25, -0.2) is 17.2 Å². The highest BCUT2D eigenvalue weighted by Gasteiger charge is 2.25. The number of nitrogens with zero attached hydrogens (tertiary/aromatic N) is 3. The number of halogens is 2. The Kier molecular flexibility index (Phi) is 6.41. The second-order valence-corrected chi connectivity index (χ2v) is 9.49. The highest BCUT2D eigenvalue weighted by molar-refractivity contribution is 7.92. The van der Waals surface area contributed by atoms with Gasteiger partial charge in [0.15, 0.2) is 0 Å². The van der Waals surface area contributed by atoms with Crippen LogP contribution >= 0.6 is 0 Å². The van der Waals surface area contributed by atoms with Gasteiger partial charge in [0.2, 0.25) is 5.82 Å². The monoisotopic (exact) mass is 476 g/mol. The van der Waals surface area contributed by atoms with Crippen LogP contribution in [0.3, 0.4) is 0 Å². The van der Waals surface area contributed by atoms with E-state index in [-0.39, 0.29) is 22.5 Å². The molecule has 1 fully saturated rings. The summed E-state index contributed by atoms with van der Waals surface area (Å²) in [7, 11) is -4.26. The SMILES string of the molecule is Cc1ccc(-c2noc(C(=O)N3CCCCCC3)n2)cc1S(=O)(=O)Nc1cc(F)ccc1F. The van der Waals surface area contributed by atoms with E-state index >= 15 is 0 Å². The van der Waals surface area contributed by atoms with Gasteiger partial charge in [0, 0.05) is 24.7 Å². The third kappa shape index (κ3) is 5.03.